The summed E-state index contributed by atoms with van der Waals surface area (Å²) in [5.41, 5.74) is 2.91. The molecule has 0 aliphatic carbocycles. The Hall–Kier alpha value is -0.860. The van der Waals surface area contributed by atoms with Gasteiger partial charge in [0, 0.05) is 19.1 Å². The molecule has 1 aliphatic heterocycles. The van der Waals surface area contributed by atoms with Crippen LogP contribution in [0.5, 0.6) is 0 Å². The molecule has 1 N–H and O–H groups in total. The first-order valence-electron chi connectivity index (χ1n) is 8.72. The van der Waals surface area contributed by atoms with Gasteiger partial charge in [-0.15, -0.1) is 0 Å². The second kappa shape index (κ2) is 8.55. The SMILES string of the molecule is CCC1CCCCCN1Cc1ccc(C(C)CNC)cc1. The molecule has 118 valence electrons. The average molecular weight is 288 g/mol. The van der Waals surface area contributed by atoms with Crippen LogP contribution in [0.4, 0.5) is 0 Å². The number of likely N-dealkylation sites (tertiary alicyclic amines) is 1. The van der Waals surface area contributed by atoms with Crippen LogP contribution in [0.25, 0.3) is 0 Å². The van der Waals surface area contributed by atoms with Gasteiger partial charge in [-0.1, -0.05) is 51.0 Å². The standard InChI is InChI=1S/C19H32N2/c1-4-19-8-6-5-7-13-21(19)15-17-9-11-18(12-10-17)16(2)14-20-3/h9-12,16,19-20H,4-8,13-15H2,1-3H3. The van der Waals surface area contributed by atoms with E-state index in [1.54, 1.807) is 0 Å². The number of hydrogen-bond acceptors (Lipinski definition) is 2. The van der Waals surface area contributed by atoms with Gasteiger partial charge in [0.1, 0.15) is 0 Å². The van der Waals surface area contributed by atoms with E-state index in [0.29, 0.717) is 5.92 Å². The molecule has 21 heavy (non-hydrogen) atoms. The van der Waals surface area contributed by atoms with E-state index in [-0.39, 0.29) is 0 Å². The molecule has 1 fully saturated rings. The molecule has 0 radical (unpaired) electrons. The lowest BCUT2D eigenvalue weighted by Crippen LogP contribution is -2.33. The van der Waals surface area contributed by atoms with Crippen molar-refractivity contribution in [3.63, 3.8) is 0 Å². The molecule has 1 aromatic rings. The van der Waals surface area contributed by atoms with Crippen molar-refractivity contribution < 1.29 is 0 Å². The van der Waals surface area contributed by atoms with E-state index in [4.69, 9.17) is 0 Å². The normalized spacial score (nSPS) is 22.0. The lowest BCUT2D eigenvalue weighted by atomic mass is 9.99. The Morgan fingerprint density at radius 2 is 1.95 bits per heavy atom. The first kappa shape index (κ1) is 16.5. The first-order valence-corrected chi connectivity index (χ1v) is 8.72. The summed E-state index contributed by atoms with van der Waals surface area (Å²) in [6, 6.07) is 10.1. The van der Waals surface area contributed by atoms with Crippen LogP contribution in [0.15, 0.2) is 24.3 Å². The summed E-state index contributed by atoms with van der Waals surface area (Å²) < 4.78 is 0. The minimum Gasteiger partial charge on any atom is -0.319 e. The fourth-order valence-electron chi connectivity index (χ4n) is 3.52. The van der Waals surface area contributed by atoms with Crippen LogP contribution in [0.1, 0.15) is 63.0 Å². The third kappa shape index (κ3) is 4.82. The van der Waals surface area contributed by atoms with Gasteiger partial charge in [-0.3, -0.25) is 4.90 Å². The Morgan fingerprint density at radius 3 is 2.62 bits per heavy atom. The highest BCUT2D eigenvalue weighted by molar-refractivity contribution is 5.25. The number of nitrogens with zero attached hydrogens (tertiary/aromatic N) is 1. The highest BCUT2D eigenvalue weighted by Crippen LogP contribution is 2.22. The van der Waals surface area contributed by atoms with Crippen molar-refractivity contribution in [2.75, 3.05) is 20.1 Å². The summed E-state index contributed by atoms with van der Waals surface area (Å²) in [5, 5.41) is 3.26. The molecule has 1 heterocycles. The lowest BCUT2D eigenvalue weighted by molar-refractivity contribution is 0.186. The van der Waals surface area contributed by atoms with Gasteiger partial charge < -0.3 is 5.32 Å². The maximum Gasteiger partial charge on any atom is 0.0236 e. The molecular formula is C19H32N2. The largest absolute Gasteiger partial charge is 0.319 e. The van der Waals surface area contributed by atoms with Crippen LogP contribution in [0.2, 0.25) is 0 Å². The molecule has 0 aromatic heterocycles. The van der Waals surface area contributed by atoms with Crippen LogP contribution < -0.4 is 5.32 Å². The van der Waals surface area contributed by atoms with Crippen molar-refractivity contribution in [3.05, 3.63) is 35.4 Å². The van der Waals surface area contributed by atoms with Crippen molar-refractivity contribution >= 4 is 0 Å². The van der Waals surface area contributed by atoms with Gasteiger partial charge in [-0.05, 0) is 49.9 Å². The quantitative estimate of drug-likeness (QED) is 0.845. The van der Waals surface area contributed by atoms with Gasteiger partial charge in [-0.25, -0.2) is 0 Å². The third-order valence-corrected chi connectivity index (χ3v) is 4.92. The number of benzene rings is 1. The smallest absolute Gasteiger partial charge is 0.0236 e. The van der Waals surface area contributed by atoms with E-state index in [0.717, 1.165) is 19.1 Å². The minimum atomic E-state index is 0.589. The zero-order chi connectivity index (χ0) is 15.1. The second-order valence-corrected chi connectivity index (χ2v) is 6.58. The van der Waals surface area contributed by atoms with Crippen molar-refractivity contribution in [2.45, 2.75) is 64.5 Å². The molecule has 1 aliphatic rings. The maximum atomic E-state index is 3.26. The fourth-order valence-corrected chi connectivity index (χ4v) is 3.52. The fraction of sp³-hybridized carbons (Fsp3) is 0.684. The molecule has 2 nitrogen and oxygen atoms in total. The summed E-state index contributed by atoms with van der Waals surface area (Å²) >= 11 is 0. The van der Waals surface area contributed by atoms with Crippen molar-refractivity contribution in [1.29, 1.82) is 0 Å². The summed E-state index contributed by atoms with van der Waals surface area (Å²) in [4.78, 5) is 2.71. The molecule has 1 aromatic carbocycles. The van der Waals surface area contributed by atoms with Crippen LogP contribution in [-0.4, -0.2) is 31.1 Å². The number of hydrogen-bond donors (Lipinski definition) is 1. The van der Waals surface area contributed by atoms with Gasteiger partial charge in [0.2, 0.25) is 0 Å². The molecule has 0 amide bonds. The van der Waals surface area contributed by atoms with Crippen LogP contribution >= 0.6 is 0 Å². The van der Waals surface area contributed by atoms with Crippen molar-refractivity contribution in [2.24, 2.45) is 0 Å². The summed E-state index contributed by atoms with van der Waals surface area (Å²) in [7, 11) is 2.02. The number of rotatable bonds is 6. The maximum absolute atomic E-state index is 3.26. The van der Waals surface area contributed by atoms with Gasteiger partial charge in [0.05, 0.1) is 0 Å². The van der Waals surface area contributed by atoms with Gasteiger partial charge >= 0.3 is 0 Å². The van der Waals surface area contributed by atoms with E-state index >= 15 is 0 Å². The Bertz CT molecular complexity index is 399. The zero-order valence-corrected chi connectivity index (χ0v) is 14.1. The summed E-state index contributed by atoms with van der Waals surface area (Å²) in [5.74, 6) is 0.589. The second-order valence-electron chi connectivity index (χ2n) is 6.58. The van der Waals surface area contributed by atoms with Gasteiger partial charge in [0.15, 0.2) is 0 Å². The first-order chi connectivity index (χ1) is 10.2. The minimum absolute atomic E-state index is 0.589. The summed E-state index contributed by atoms with van der Waals surface area (Å²) in [6.07, 6.45) is 6.86. The van der Waals surface area contributed by atoms with Crippen molar-refractivity contribution in [1.82, 2.24) is 10.2 Å². The van der Waals surface area contributed by atoms with E-state index in [1.807, 2.05) is 7.05 Å². The molecule has 0 saturated carbocycles. The van der Waals surface area contributed by atoms with Crippen molar-refractivity contribution in [3.8, 4) is 0 Å². The molecule has 2 atom stereocenters. The summed E-state index contributed by atoms with van der Waals surface area (Å²) in [6.45, 7) is 8.07. The Morgan fingerprint density at radius 1 is 1.19 bits per heavy atom. The molecule has 0 spiro atoms. The Balaban J connectivity index is 1.98. The molecule has 0 bridgehead atoms. The van der Waals surface area contributed by atoms with E-state index < -0.39 is 0 Å². The number of likely N-dealkylation sites (N-methyl/N-ethyl adjacent to an activating group) is 1. The van der Waals surface area contributed by atoms with Gasteiger partial charge in [-0.2, -0.15) is 0 Å². The third-order valence-electron chi connectivity index (χ3n) is 4.92. The highest BCUT2D eigenvalue weighted by atomic mass is 15.2. The Kier molecular flexibility index (Phi) is 6.72. The van der Waals surface area contributed by atoms with E-state index in [2.05, 4.69) is 48.3 Å². The lowest BCUT2D eigenvalue weighted by Gasteiger charge is -2.29. The molecule has 2 unspecified atom stereocenters. The van der Waals surface area contributed by atoms with Gasteiger partial charge in [0.25, 0.3) is 0 Å². The predicted molar refractivity (Wildman–Crippen MR) is 91.7 cm³/mol. The van der Waals surface area contributed by atoms with Crippen LogP contribution in [-0.2, 0) is 6.54 Å². The topological polar surface area (TPSA) is 15.3 Å². The van der Waals surface area contributed by atoms with Crippen LogP contribution in [0.3, 0.4) is 0 Å². The zero-order valence-electron chi connectivity index (χ0n) is 14.1. The highest BCUT2D eigenvalue weighted by Gasteiger charge is 2.19. The number of nitrogens with one attached hydrogen (secondary N) is 1. The van der Waals surface area contributed by atoms with E-state index in [9.17, 15) is 0 Å². The molecule has 2 heteroatoms. The van der Waals surface area contributed by atoms with E-state index in [1.165, 1.54) is 49.8 Å². The monoisotopic (exact) mass is 288 g/mol. The molecule has 1 saturated heterocycles. The predicted octanol–water partition coefficient (Wildman–Crippen LogP) is 4.16. The molecular weight excluding hydrogens is 256 g/mol. The molecule has 2 rings (SSSR count). The average Bonchev–Trinajstić information content (AvgIpc) is 2.73. The van der Waals surface area contributed by atoms with Crippen LogP contribution in [0, 0.1) is 0 Å². The Labute approximate surface area is 130 Å².